The van der Waals surface area contributed by atoms with Crippen LogP contribution in [-0.2, 0) is 6.54 Å². The highest BCUT2D eigenvalue weighted by Gasteiger charge is 2.46. The molecule has 2 fully saturated rings. The molecule has 2 aliphatic heterocycles. The van der Waals surface area contributed by atoms with Crippen LogP contribution in [0, 0.1) is 23.5 Å². The Bertz CT molecular complexity index is 699. The number of halogens is 2. The van der Waals surface area contributed by atoms with Gasteiger partial charge in [0.05, 0.1) is 0 Å². The van der Waals surface area contributed by atoms with E-state index in [1.807, 2.05) is 6.07 Å². The molecule has 0 amide bonds. The third kappa shape index (κ3) is 2.74. The second-order valence-corrected chi connectivity index (χ2v) is 7.11. The lowest BCUT2D eigenvalue weighted by atomic mass is 9.90. The van der Waals surface area contributed by atoms with Crippen molar-refractivity contribution >= 4 is 0 Å². The van der Waals surface area contributed by atoms with Gasteiger partial charge in [0.1, 0.15) is 11.6 Å². The Morgan fingerprint density at radius 3 is 2.33 bits per heavy atom. The molecule has 0 spiro atoms. The summed E-state index contributed by atoms with van der Waals surface area (Å²) < 4.78 is 27.8. The van der Waals surface area contributed by atoms with Gasteiger partial charge in [-0.25, -0.2) is 8.78 Å². The Kier molecular flexibility index (Phi) is 4.10. The van der Waals surface area contributed by atoms with Crippen molar-refractivity contribution in [2.75, 3.05) is 26.7 Å². The summed E-state index contributed by atoms with van der Waals surface area (Å²) in [6.07, 6.45) is 0. The van der Waals surface area contributed by atoms with Crippen LogP contribution in [0.5, 0.6) is 0 Å². The lowest BCUT2D eigenvalue weighted by Crippen LogP contribution is -2.29. The van der Waals surface area contributed by atoms with Gasteiger partial charge in [0, 0.05) is 37.8 Å². The number of likely N-dealkylation sites (tertiary alicyclic amines) is 2. The summed E-state index contributed by atoms with van der Waals surface area (Å²) in [6.45, 7) is 3.20. The molecule has 2 saturated heterocycles. The molecule has 4 heteroatoms. The Morgan fingerprint density at radius 2 is 1.62 bits per heavy atom. The molecule has 0 radical (unpaired) electrons. The first-order chi connectivity index (χ1) is 11.6. The zero-order valence-electron chi connectivity index (χ0n) is 13.8. The number of benzene rings is 2. The van der Waals surface area contributed by atoms with Crippen LogP contribution in [0.1, 0.15) is 17.2 Å². The Labute approximate surface area is 141 Å². The second kappa shape index (κ2) is 6.26. The van der Waals surface area contributed by atoms with Gasteiger partial charge in [-0.2, -0.15) is 0 Å². The normalized spacial score (nSPS) is 27.5. The smallest absolute Gasteiger partial charge is 0.130 e. The summed E-state index contributed by atoms with van der Waals surface area (Å²) >= 11 is 0. The Hall–Kier alpha value is -1.78. The van der Waals surface area contributed by atoms with E-state index in [0.717, 1.165) is 19.6 Å². The van der Waals surface area contributed by atoms with Gasteiger partial charge in [0.15, 0.2) is 0 Å². The molecule has 2 aromatic rings. The maximum Gasteiger partial charge on any atom is 0.130 e. The molecule has 0 bridgehead atoms. The van der Waals surface area contributed by atoms with Crippen LogP contribution in [0.4, 0.5) is 8.78 Å². The lowest BCUT2D eigenvalue weighted by Gasteiger charge is -2.27. The molecule has 2 nitrogen and oxygen atoms in total. The van der Waals surface area contributed by atoms with Crippen molar-refractivity contribution in [3.05, 3.63) is 71.3 Å². The van der Waals surface area contributed by atoms with Gasteiger partial charge in [-0.05, 0) is 36.6 Å². The van der Waals surface area contributed by atoms with E-state index < -0.39 is 11.6 Å². The Morgan fingerprint density at radius 1 is 0.917 bits per heavy atom. The molecule has 0 unspecified atom stereocenters. The van der Waals surface area contributed by atoms with Gasteiger partial charge in [-0.15, -0.1) is 0 Å². The Balaban J connectivity index is 1.52. The summed E-state index contributed by atoms with van der Waals surface area (Å²) in [7, 11) is 2.18. The first kappa shape index (κ1) is 15.7. The van der Waals surface area contributed by atoms with Crippen molar-refractivity contribution in [3.63, 3.8) is 0 Å². The third-order valence-electron chi connectivity index (χ3n) is 5.55. The molecule has 3 atom stereocenters. The van der Waals surface area contributed by atoms with E-state index >= 15 is 0 Å². The molecule has 126 valence electrons. The molecule has 0 aliphatic carbocycles. The lowest BCUT2D eigenvalue weighted by molar-refractivity contribution is 0.221. The standard InChI is InChI=1S/C20H22F2N2/c1-23-10-15-11-24(13-17-18(21)8-5-9-19(17)22)12-16(15)20(23)14-6-3-2-4-7-14/h2-9,15-16,20H,10-13H2,1H3/t15-,16+,20-/m0/s1. The van der Waals surface area contributed by atoms with Crippen molar-refractivity contribution < 1.29 is 8.78 Å². The maximum absolute atomic E-state index is 13.9. The van der Waals surface area contributed by atoms with Crippen molar-refractivity contribution in [2.24, 2.45) is 11.8 Å². The van der Waals surface area contributed by atoms with Crippen LogP contribution in [0.15, 0.2) is 48.5 Å². The first-order valence-corrected chi connectivity index (χ1v) is 8.54. The molecule has 2 heterocycles. The molecular weight excluding hydrogens is 306 g/mol. The van der Waals surface area contributed by atoms with Gasteiger partial charge >= 0.3 is 0 Å². The fourth-order valence-electron chi connectivity index (χ4n) is 4.54. The number of hydrogen-bond acceptors (Lipinski definition) is 2. The number of rotatable bonds is 3. The number of fused-ring (bicyclic) bond motifs is 1. The fourth-order valence-corrected chi connectivity index (χ4v) is 4.54. The molecule has 0 saturated carbocycles. The monoisotopic (exact) mass is 328 g/mol. The van der Waals surface area contributed by atoms with Gasteiger partial charge < -0.3 is 0 Å². The van der Waals surface area contributed by atoms with Crippen LogP contribution < -0.4 is 0 Å². The zero-order chi connectivity index (χ0) is 16.7. The highest BCUT2D eigenvalue weighted by atomic mass is 19.1. The fraction of sp³-hybridized carbons (Fsp3) is 0.400. The average molecular weight is 328 g/mol. The largest absolute Gasteiger partial charge is 0.299 e. The van der Waals surface area contributed by atoms with E-state index in [2.05, 4.69) is 41.1 Å². The topological polar surface area (TPSA) is 6.48 Å². The van der Waals surface area contributed by atoms with Gasteiger partial charge in [0.25, 0.3) is 0 Å². The van der Waals surface area contributed by atoms with E-state index in [1.165, 1.54) is 23.8 Å². The maximum atomic E-state index is 13.9. The number of hydrogen-bond donors (Lipinski definition) is 0. The molecular formula is C20H22F2N2. The predicted octanol–water partition coefficient (Wildman–Crippen LogP) is 3.70. The van der Waals surface area contributed by atoms with Crippen molar-refractivity contribution in [3.8, 4) is 0 Å². The minimum Gasteiger partial charge on any atom is -0.299 e. The summed E-state index contributed by atoms with van der Waals surface area (Å²) in [4.78, 5) is 4.63. The first-order valence-electron chi connectivity index (χ1n) is 8.54. The summed E-state index contributed by atoms with van der Waals surface area (Å²) in [5.41, 5.74) is 1.54. The minimum atomic E-state index is -0.441. The third-order valence-corrected chi connectivity index (χ3v) is 5.55. The SMILES string of the molecule is CN1C[C@H]2CN(Cc3c(F)cccc3F)C[C@H]2[C@@H]1c1ccccc1. The summed E-state index contributed by atoms with van der Waals surface area (Å²) in [5, 5.41) is 0. The van der Waals surface area contributed by atoms with Crippen LogP contribution >= 0.6 is 0 Å². The van der Waals surface area contributed by atoms with E-state index in [1.54, 1.807) is 0 Å². The molecule has 4 rings (SSSR count). The van der Waals surface area contributed by atoms with Gasteiger partial charge in [-0.1, -0.05) is 36.4 Å². The molecule has 0 N–H and O–H groups in total. The van der Waals surface area contributed by atoms with E-state index in [-0.39, 0.29) is 5.56 Å². The average Bonchev–Trinajstić information content (AvgIpc) is 3.07. The van der Waals surface area contributed by atoms with E-state index in [0.29, 0.717) is 24.4 Å². The molecule has 0 aromatic heterocycles. The van der Waals surface area contributed by atoms with E-state index in [4.69, 9.17) is 0 Å². The van der Waals surface area contributed by atoms with Crippen molar-refractivity contribution in [1.82, 2.24) is 9.80 Å². The second-order valence-electron chi connectivity index (χ2n) is 7.11. The highest BCUT2D eigenvalue weighted by Crippen LogP contribution is 2.44. The highest BCUT2D eigenvalue weighted by molar-refractivity contribution is 5.24. The van der Waals surface area contributed by atoms with Gasteiger partial charge in [-0.3, -0.25) is 9.80 Å². The summed E-state index contributed by atoms with van der Waals surface area (Å²) in [6, 6.07) is 15.1. The minimum absolute atomic E-state index is 0.196. The van der Waals surface area contributed by atoms with Crippen molar-refractivity contribution in [1.29, 1.82) is 0 Å². The van der Waals surface area contributed by atoms with Crippen LogP contribution in [0.3, 0.4) is 0 Å². The quantitative estimate of drug-likeness (QED) is 0.848. The molecule has 2 aliphatic rings. The molecule has 2 aromatic carbocycles. The summed E-state index contributed by atoms with van der Waals surface area (Å²) in [5.74, 6) is 0.204. The molecule has 24 heavy (non-hydrogen) atoms. The van der Waals surface area contributed by atoms with Crippen molar-refractivity contribution in [2.45, 2.75) is 12.6 Å². The zero-order valence-corrected chi connectivity index (χ0v) is 13.8. The van der Waals surface area contributed by atoms with E-state index in [9.17, 15) is 8.78 Å². The van der Waals surface area contributed by atoms with Crippen LogP contribution in [-0.4, -0.2) is 36.5 Å². The number of nitrogens with zero attached hydrogens (tertiary/aromatic N) is 2. The van der Waals surface area contributed by atoms with Gasteiger partial charge in [0.2, 0.25) is 0 Å². The predicted molar refractivity (Wildman–Crippen MR) is 90.4 cm³/mol. The van der Waals surface area contributed by atoms with Crippen LogP contribution in [0.25, 0.3) is 0 Å². The van der Waals surface area contributed by atoms with Crippen LogP contribution in [0.2, 0.25) is 0 Å².